The second-order valence-electron chi connectivity index (χ2n) is 3.02. The fourth-order valence-corrected chi connectivity index (χ4v) is 0. The maximum absolute atomic E-state index is 2.17. The zero-order chi connectivity index (χ0) is 8.99. The summed E-state index contributed by atoms with van der Waals surface area (Å²) in [6, 6.07) is 0. The van der Waals surface area contributed by atoms with E-state index in [1.165, 1.54) is 6.42 Å². The normalized spacial score (nSPS) is 6.00. The van der Waals surface area contributed by atoms with Gasteiger partial charge in [-0.05, 0) is 5.92 Å². The molecule has 0 heterocycles. The van der Waals surface area contributed by atoms with Crippen molar-refractivity contribution in [3.05, 3.63) is 13.8 Å². The third-order valence-corrected chi connectivity index (χ3v) is 0. The molecule has 0 N–H and O–H groups in total. The minimum atomic E-state index is 0. The van der Waals surface area contributed by atoms with Crippen LogP contribution in [0.25, 0.3) is 0 Å². The van der Waals surface area contributed by atoms with Gasteiger partial charge in [0.25, 0.3) is 0 Å². The molecule has 12 heavy (non-hydrogen) atoms. The van der Waals surface area contributed by atoms with Gasteiger partial charge in [-0.15, -0.1) is 0 Å². The predicted molar refractivity (Wildman–Crippen MR) is 58.5 cm³/mol. The molecule has 0 aliphatic rings. The Balaban J connectivity index is -0.0000000191. The van der Waals surface area contributed by atoms with Gasteiger partial charge < -0.3 is 13.8 Å². The van der Waals surface area contributed by atoms with Crippen LogP contribution >= 0.6 is 0 Å². The minimum absolute atomic E-state index is 0. The Morgan fingerprint density at radius 3 is 1.00 bits per heavy atom. The van der Waals surface area contributed by atoms with Gasteiger partial charge in [-0.3, -0.25) is 0 Å². The fraction of sp³-hybridized carbons (Fsp3) is 0.818. The fourth-order valence-electron chi connectivity index (χ4n) is 0. The zero-order valence-corrected chi connectivity index (χ0v) is 13.3. The van der Waals surface area contributed by atoms with Crippen molar-refractivity contribution >= 4 is 0 Å². The summed E-state index contributed by atoms with van der Waals surface area (Å²) in [7, 11) is 0. The molecule has 0 fully saturated rings. The van der Waals surface area contributed by atoms with Crippen molar-refractivity contribution in [2.45, 2.75) is 54.9 Å². The Bertz CT molecular complexity index is 21.4. The van der Waals surface area contributed by atoms with E-state index in [4.69, 9.17) is 0 Å². The molecule has 0 nitrogen and oxygen atoms in total. The first-order valence-electron chi connectivity index (χ1n) is 4.30. The molecule has 0 aromatic rings. The number of hydrogen-bond donors (Lipinski definition) is 0. The Morgan fingerprint density at radius 2 is 1.00 bits per heavy atom. The van der Waals surface area contributed by atoms with Crippen LogP contribution in [0, 0.1) is 19.8 Å². The summed E-state index contributed by atoms with van der Waals surface area (Å²) in [6.45, 7) is 14.8. The van der Waals surface area contributed by atoms with E-state index in [9.17, 15) is 0 Å². The largest absolute Gasteiger partial charge is 0.358 e. The molecule has 1 heteroatoms. The van der Waals surface area contributed by atoms with Crippen molar-refractivity contribution in [2.24, 2.45) is 5.92 Å². The molecule has 0 atom stereocenters. The summed E-state index contributed by atoms with van der Waals surface area (Å²) in [5, 5.41) is 0. The second-order valence-corrected chi connectivity index (χ2v) is 3.02. The van der Waals surface area contributed by atoms with Crippen LogP contribution in [-0.2, 0) is 32.7 Å². The zero-order valence-electron chi connectivity index (χ0n) is 10.4. The van der Waals surface area contributed by atoms with Crippen molar-refractivity contribution in [1.82, 2.24) is 0 Å². The topological polar surface area (TPSA) is 0 Å². The third kappa shape index (κ3) is 930. The summed E-state index contributed by atoms with van der Waals surface area (Å²) < 4.78 is 0. The van der Waals surface area contributed by atoms with Crippen molar-refractivity contribution in [1.29, 1.82) is 0 Å². The molecule has 0 aromatic heterocycles. The van der Waals surface area contributed by atoms with Gasteiger partial charge in [0.15, 0.2) is 0 Å². The van der Waals surface area contributed by atoms with Gasteiger partial charge in [0, 0.05) is 32.7 Å². The van der Waals surface area contributed by atoms with Crippen LogP contribution in [-0.4, -0.2) is 0 Å². The van der Waals surface area contributed by atoms with Gasteiger partial charge in [-0.1, -0.05) is 41.0 Å². The molecule has 0 aliphatic heterocycles. The van der Waals surface area contributed by atoms with E-state index in [0.29, 0.717) is 0 Å². The smallest absolute Gasteiger partial charge is 0 e. The molecule has 0 spiro atoms. The van der Waals surface area contributed by atoms with Gasteiger partial charge >= 0.3 is 0 Å². The van der Waals surface area contributed by atoms with E-state index in [2.05, 4.69) is 34.6 Å². The molecule has 0 aromatic carbocycles. The first-order valence-corrected chi connectivity index (χ1v) is 4.30. The van der Waals surface area contributed by atoms with E-state index in [1.54, 1.807) is 0 Å². The molecule has 0 saturated carbocycles. The van der Waals surface area contributed by atoms with Gasteiger partial charge in [-0.2, -0.15) is 13.8 Å². The predicted octanol–water partition coefficient (Wildman–Crippen LogP) is 4.76. The first-order chi connectivity index (χ1) is 4.56. The number of hydrogen-bond acceptors (Lipinski definition) is 0. The molecule has 0 bridgehead atoms. The molecule has 0 rings (SSSR count). The van der Waals surface area contributed by atoms with Crippen LogP contribution in [0.2, 0.25) is 0 Å². The summed E-state index contributed by atoms with van der Waals surface area (Å²) >= 11 is 0. The molecule has 0 amide bonds. The quantitative estimate of drug-likeness (QED) is 0.543. The van der Waals surface area contributed by atoms with Gasteiger partial charge in [-0.25, -0.2) is 0 Å². The molecule has 77 valence electrons. The SMILES string of the molecule is CC(C)C.CCC.C[CH-]C.[CH3-].[Y]. The van der Waals surface area contributed by atoms with Crippen molar-refractivity contribution in [3.8, 4) is 0 Å². The van der Waals surface area contributed by atoms with Crippen LogP contribution in [0.4, 0.5) is 0 Å². The Morgan fingerprint density at radius 1 is 1.00 bits per heavy atom. The molecular formula is C11H28Y-2. The minimum Gasteiger partial charge on any atom is -0.358 e. The molecule has 0 unspecified atom stereocenters. The van der Waals surface area contributed by atoms with Crippen molar-refractivity contribution < 1.29 is 32.7 Å². The Kier molecular flexibility index (Phi) is 97.6. The Hall–Kier alpha value is 1.10. The van der Waals surface area contributed by atoms with Gasteiger partial charge in [0.1, 0.15) is 0 Å². The Labute approximate surface area is 107 Å². The standard InChI is InChI=1S/C4H10.C3H8.C3H7.CH3.Y/c1-4(2)3;2*1-3-2;;/h4H,1-3H3;3H2,1-2H3;3H,1-2H3;1H3;/q;;2*-1;. The molecular weight excluding hydrogens is 221 g/mol. The van der Waals surface area contributed by atoms with E-state index < -0.39 is 0 Å². The van der Waals surface area contributed by atoms with E-state index in [0.717, 1.165) is 5.92 Å². The van der Waals surface area contributed by atoms with Gasteiger partial charge in [0.05, 0.1) is 0 Å². The van der Waals surface area contributed by atoms with Crippen molar-refractivity contribution in [3.63, 3.8) is 0 Å². The van der Waals surface area contributed by atoms with E-state index >= 15 is 0 Å². The molecule has 1 radical (unpaired) electrons. The number of rotatable bonds is 0. The van der Waals surface area contributed by atoms with Crippen LogP contribution in [0.3, 0.4) is 0 Å². The van der Waals surface area contributed by atoms with Crippen LogP contribution in [0.1, 0.15) is 54.9 Å². The summed E-state index contributed by atoms with van der Waals surface area (Å²) in [4.78, 5) is 0. The van der Waals surface area contributed by atoms with Crippen molar-refractivity contribution in [2.75, 3.05) is 0 Å². The van der Waals surface area contributed by atoms with E-state index in [1.807, 2.05) is 20.3 Å². The monoisotopic (exact) mass is 249 g/mol. The van der Waals surface area contributed by atoms with Gasteiger partial charge in [0.2, 0.25) is 0 Å². The second kappa shape index (κ2) is 40.1. The van der Waals surface area contributed by atoms with Crippen LogP contribution < -0.4 is 0 Å². The van der Waals surface area contributed by atoms with E-state index in [-0.39, 0.29) is 40.1 Å². The average molecular weight is 249 g/mol. The molecule has 0 saturated heterocycles. The maximum Gasteiger partial charge on any atom is 0 e. The summed E-state index contributed by atoms with van der Waals surface area (Å²) in [5.41, 5.74) is 0. The maximum atomic E-state index is 2.17. The first kappa shape index (κ1) is 29.2. The summed E-state index contributed by atoms with van der Waals surface area (Å²) in [5.74, 6) is 0.833. The van der Waals surface area contributed by atoms with Crippen LogP contribution in [0.5, 0.6) is 0 Å². The average Bonchev–Trinajstić information content (AvgIpc) is 1.65. The molecule has 0 aliphatic carbocycles. The third-order valence-electron chi connectivity index (χ3n) is 0. The van der Waals surface area contributed by atoms with Crippen LogP contribution in [0.15, 0.2) is 0 Å². The summed E-state index contributed by atoms with van der Waals surface area (Å²) in [6.07, 6.45) is 3.25.